The molecule has 23 heavy (non-hydrogen) atoms. The number of nitrogens with one attached hydrogen (secondary N) is 1. The molecule has 1 aliphatic heterocycles. The number of fused-ring (bicyclic) bond motifs is 1. The summed E-state index contributed by atoms with van der Waals surface area (Å²) in [5.74, 6) is 4.13. The van der Waals surface area contributed by atoms with Gasteiger partial charge in [0.1, 0.15) is 5.70 Å². The lowest BCUT2D eigenvalue weighted by atomic mass is 10.0. The van der Waals surface area contributed by atoms with Crippen LogP contribution in [0.4, 0.5) is 5.69 Å². The van der Waals surface area contributed by atoms with Gasteiger partial charge in [-0.25, -0.2) is 4.79 Å². The van der Waals surface area contributed by atoms with Gasteiger partial charge in [0, 0.05) is 23.2 Å². The molecule has 8 heteroatoms. The van der Waals surface area contributed by atoms with Crippen molar-refractivity contribution in [2.24, 2.45) is 11.6 Å². The van der Waals surface area contributed by atoms with E-state index in [2.05, 4.69) is 5.43 Å². The Morgan fingerprint density at radius 1 is 1.48 bits per heavy atom. The molecule has 0 spiro atoms. The second kappa shape index (κ2) is 6.89. The minimum Gasteiger partial charge on any atom is -0.461 e. The fourth-order valence-electron chi connectivity index (χ4n) is 2.53. The molecular formula is C15H19ClN4O3. The van der Waals surface area contributed by atoms with Crippen molar-refractivity contribution in [1.29, 1.82) is 0 Å². The molecule has 0 fully saturated rings. The molecule has 0 aromatic heterocycles. The normalized spacial score (nSPS) is 17.4. The number of esters is 1. The van der Waals surface area contributed by atoms with Crippen LogP contribution in [0.1, 0.15) is 25.3 Å². The van der Waals surface area contributed by atoms with Gasteiger partial charge in [0.25, 0.3) is 5.91 Å². The topological polar surface area (TPSA) is 111 Å². The molecule has 5 N–H and O–H groups in total. The first kappa shape index (κ1) is 17.1. The molecule has 124 valence electrons. The SMILES string of the molecule is CCOC(=O)/C(NN)=C(/N)C(=O)N1CC(C)c2cc(Cl)ccc21. The summed E-state index contributed by atoms with van der Waals surface area (Å²) in [6, 6.07) is 5.28. The maximum Gasteiger partial charge on any atom is 0.358 e. The fourth-order valence-corrected chi connectivity index (χ4v) is 2.71. The van der Waals surface area contributed by atoms with Gasteiger partial charge in [0.2, 0.25) is 0 Å². The number of rotatable bonds is 4. The van der Waals surface area contributed by atoms with Gasteiger partial charge in [-0.2, -0.15) is 0 Å². The third-order valence-electron chi connectivity index (χ3n) is 3.64. The van der Waals surface area contributed by atoms with Crippen LogP contribution >= 0.6 is 11.6 Å². The van der Waals surface area contributed by atoms with Gasteiger partial charge in [0.15, 0.2) is 5.70 Å². The zero-order valence-electron chi connectivity index (χ0n) is 12.9. The molecule has 1 amide bonds. The quantitative estimate of drug-likeness (QED) is 0.327. The number of hydrogen-bond donors (Lipinski definition) is 3. The average molecular weight is 339 g/mol. The molecule has 0 aliphatic carbocycles. The molecule has 2 rings (SSSR count). The molecule has 0 bridgehead atoms. The van der Waals surface area contributed by atoms with Crippen molar-refractivity contribution < 1.29 is 14.3 Å². The molecule has 0 radical (unpaired) electrons. The van der Waals surface area contributed by atoms with Crippen molar-refractivity contribution in [3.8, 4) is 0 Å². The predicted octanol–water partition coefficient (Wildman–Crippen LogP) is 0.987. The van der Waals surface area contributed by atoms with Crippen LogP contribution in [0.2, 0.25) is 5.02 Å². The highest BCUT2D eigenvalue weighted by molar-refractivity contribution is 6.30. The Bertz CT molecular complexity index is 675. The van der Waals surface area contributed by atoms with Crippen molar-refractivity contribution in [3.05, 3.63) is 40.2 Å². The standard InChI is InChI=1S/C15H19ClN4O3/c1-3-23-15(22)13(19-18)12(17)14(21)20-7-8(2)10-6-9(16)4-5-11(10)20/h4-6,8,19H,3,7,17-18H2,1-2H3/b13-12-. The number of ether oxygens (including phenoxy) is 1. The predicted molar refractivity (Wildman–Crippen MR) is 87.4 cm³/mol. The molecule has 1 atom stereocenters. The van der Waals surface area contributed by atoms with E-state index in [1.54, 1.807) is 19.1 Å². The van der Waals surface area contributed by atoms with E-state index in [-0.39, 0.29) is 23.9 Å². The number of halogens is 1. The van der Waals surface area contributed by atoms with Crippen LogP contribution in [0.5, 0.6) is 0 Å². The van der Waals surface area contributed by atoms with Gasteiger partial charge in [-0.1, -0.05) is 18.5 Å². The second-order valence-corrected chi connectivity index (χ2v) is 5.61. The summed E-state index contributed by atoms with van der Waals surface area (Å²) in [4.78, 5) is 26.0. The number of anilines is 1. The number of amides is 1. The number of hydrogen-bond acceptors (Lipinski definition) is 6. The Kier molecular flexibility index (Phi) is 5.12. The average Bonchev–Trinajstić information content (AvgIpc) is 2.84. The number of hydrazine groups is 1. The Labute approximate surface area is 139 Å². The summed E-state index contributed by atoms with van der Waals surface area (Å²) in [5.41, 5.74) is 9.11. The number of carbonyl (C=O) groups is 2. The minimum absolute atomic E-state index is 0.109. The monoisotopic (exact) mass is 338 g/mol. The largest absolute Gasteiger partial charge is 0.461 e. The first-order valence-corrected chi connectivity index (χ1v) is 7.53. The number of nitrogens with zero attached hydrogens (tertiary/aromatic N) is 1. The number of carbonyl (C=O) groups excluding carboxylic acids is 2. The van der Waals surface area contributed by atoms with Gasteiger partial charge < -0.3 is 20.8 Å². The van der Waals surface area contributed by atoms with Crippen molar-refractivity contribution in [2.75, 3.05) is 18.1 Å². The molecule has 1 aromatic carbocycles. The molecule has 1 aromatic rings. The summed E-state index contributed by atoms with van der Waals surface area (Å²) in [7, 11) is 0. The van der Waals surface area contributed by atoms with E-state index in [4.69, 9.17) is 27.9 Å². The van der Waals surface area contributed by atoms with Crippen molar-refractivity contribution in [1.82, 2.24) is 5.43 Å². The Balaban J connectivity index is 2.36. The highest BCUT2D eigenvalue weighted by Crippen LogP contribution is 2.38. The molecule has 0 saturated carbocycles. The van der Waals surface area contributed by atoms with E-state index in [0.717, 1.165) is 11.3 Å². The van der Waals surface area contributed by atoms with E-state index in [1.807, 2.05) is 13.0 Å². The van der Waals surface area contributed by atoms with E-state index in [0.29, 0.717) is 11.6 Å². The summed E-state index contributed by atoms with van der Waals surface area (Å²) in [6.07, 6.45) is 0. The van der Waals surface area contributed by atoms with Crippen LogP contribution in [-0.2, 0) is 14.3 Å². The van der Waals surface area contributed by atoms with Crippen LogP contribution in [0.15, 0.2) is 29.6 Å². The highest BCUT2D eigenvalue weighted by Gasteiger charge is 2.32. The third-order valence-corrected chi connectivity index (χ3v) is 3.87. The third kappa shape index (κ3) is 3.25. The molecule has 1 aliphatic rings. The van der Waals surface area contributed by atoms with Gasteiger partial charge in [0.05, 0.1) is 6.61 Å². The van der Waals surface area contributed by atoms with E-state index in [1.165, 1.54) is 4.90 Å². The van der Waals surface area contributed by atoms with Gasteiger partial charge in [-0.15, -0.1) is 0 Å². The summed E-state index contributed by atoms with van der Waals surface area (Å²) < 4.78 is 4.83. The van der Waals surface area contributed by atoms with E-state index in [9.17, 15) is 9.59 Å². The maximum atomic E-state index is 12.7. The Morgan fingerprint density at radius 2 is 2.17 bits per heavy atom. The lowest BCUT2D eigenvalue weighted by Crippen LogP contribution is -2.39. The van der Waals surface area contributed by atoms with Crippen LogP contribution < -0.4 is 21.9 Å². The van der Waals surface area contributed by atoms with Crippen molar-refractivity contribution in [3.63, 3.8) is 0 Å². The van der Waals surface area contributed by atoms with Crippen LogP contribution in [0, 0.1) is 0 Å². The zero-order valence-corrected chi connectivity index (χ0v) is 13.7. The van der Waals surface area contributed by atoms with Crippen LogP contribution in [0.3, 0.4) is 0 Å². The van der Waals surface area contributed by atoms with Gasteiger partial charge in [-0.3, -0.25) is 10.6 Å². The fraction of sp³-hybridized carbons (Fsp3) is 0.333. The first-order chi connectivity index (χ1) is 10.9. The first-order valence-electron chi connectivity index (χ1n) is 7.15. The molecule has 1 heterocycles. The molecule has 0 saturated heterocycles. The highest BCUT2D eigenvalue weighted by atomic mass is 35.5. The summed E-state index contributed by atoms with van der Waals surface area (Å²) in [6.45, 7) is 4.21. The molecular weight excluding hydrogens is 320 g/mol. The van der Waals surface area contributed by atoms with E-state index < -0.39 is 11.9 Å². The maximum absolute atomic E-state index is 12.7. The zero-order chi connectivity index (χ0) is 17.1. The summed E-state index contributed by atoms with van der Waals surface area (Å²) in [5, 5.41) is 0.601. The lowest BCUT2D eigenvalue weighted by Gasteiger charge is -2.19. The Hall–Kier alpha value is -2.25. The van der Waals surface area contributed by atoms with Crippen LogP contribution in [0.25, 0.3) is 0 Å². The van der Waals surface area contributed by atoms with Crippen molar-refractivity contribution >= 4 is 29.2 Å². The summed E-state index contributed by atoms with van der Waals surface area (Å²) >= 11 is 6.00. The number of benzene rings is 1. The second-order valence-electron chi connectivity index (χ2n) is 5.17. The number of nitrogens with two attached hydrogens (primary N) is 2. The van der Waals surface area contributed by atoms with E-state index >= 15 is 0 Å². The molecule has 1 unspecified atom stereocenters. The molecule has 7 nitrogen and oxygen atoms in total. The minimum atomic E-state index is -0.774. The Morgan fingerprint density at radius 3 is 2.78 bits per heavy atom. The van der Waals surface area contributed by atoms with Gasteiger partial charge in [-0.05, 0) is 30.7 Å². The van der Waals surface area contributed by atoms with Gasteiger partial charge >= 0.3 is 5.97 Å². The van der Waals surface area contributed by atoms with Crippen molar-refractivity contribution in [2.45, 2.75) is 19.8 Å². The van der Waals surface area contributed by atoms with Crippen LogP contribution in [-0.4, -0.2) is 25.0 Å². The lowest BCUT2D eigenvalue weighted by molar-refractivity contribution is -0.139. The smallest absolute Gasteiger partial charge is 0.358 e.